The monoisotopic (exact) mass is 233 g/mol. The lowest BCUT2D eigenvalue weighted by Crippen LogP contribution is -2.12. The Balaban J connectivity index is 1.90. The summed E-state index contributed by atoms with van der Waals surface area (Å²) >= 11 is 0. The first-order chi connectivity index (χ1) is 8.25. The van der Waals surface area contributed by atoms with Crippen LogP contribution < -0.4 is 5.32 Å². The molecule has 1 heterocycles. The van der Waals surface area contributed by atoms with E-state index in [1.165, 1.54) is 12.3 Å². The van der Waals surface area contributed by atoms with Gasteiger partial charge in [0.25, 0.3) is 5.69 Å². The Bertz CT molecular complexity index is 496. The van der Waals surface area contributed by atoms with Crippen molar-refractivity contribution < 1.29 is 9.45 Å². The van der Waals surface area contributed by atoms with E-state index in [1.54, 1.807) is 18.2 Å². The molecular weight excluding hydrogens is 222 g/mol. The molecule has 0 spiro atoms. The van der Waals surface area contributed by atoms with Crippen molar-refractivity contribution in [3.63, 3.8) is 0 Å². The fourth-order valence-corrected chi connectivity index (χ4v) is 1.44. The molecule has 0 saturated carbocycles. The van der Waals surface area contributed by atoms with Gasteiger partial charge in [0, 0.05) is 31.3 Å². The van der Waals surface area contributed by atoms with E-state index >= 15 is 0 Å². The SMILES string of the molecule is O=[N+]([O-])c1cccc(CNCc2ccon2)c1. The van der Waals surface area contributed by atoms with Gasteiger partial charge >= 0.3 is 0 Å². The van der Waals surface area contributed by atoms with Crippen molar-refractivity contribution in [3.05, 3.63) is 58.0 Å². The van der Waals surface area contributed by atoms with Crippen LogP contribution in [0.25, 0.3) is 0 Å². The van der Waals surface area contributed by atoms with Crippen molar-refractivity contribution >= 4 is 5.69 Å². The predicted molar refractivity (Wildman–Crippen MR) is 60.1 cm³/mol. The Morgan fingerprint density at radius 1 is 1.35 bits per heavy atom. The van der Waals surface area contributed by atoms with Gasteiger partial charge in [0.1, 0.15) is 6.26 Å². The molecular formula is C11H11N3O3. The summed E-state index contributed by atoms with van der Waals surface area (Å²) in [5.41, 5.74) is 1.77. The molecule has 0 aliphatic carbocycles. The number of nitrogens with zero attached hydrogens (tertiary/aromatic N) is 2. The van der Waals surface area contributed by atoms with Crippen molar-refractivity contribution in [2.75, 3.05) is 0 Å². The van der Waals surface area contributed by atoms with E-state index in [1.807, 2.05) is 6.07 Å². The molecule has 0 unspecified atom stereocenters. The smallest absolute Gasteiger partial charge is 0.269 e. The maximum absolute atomic E-state index is 10.6. The molecule has 1 aromatic heterocycles. The number of hydrogen-bond donors (Lipinski definition) is 1. The zero-order chi connectivity index (χ0) is 12.1. The summed E-state index contributed by atoms with van der Waals surface area (Å²) in [7, 11) is 0. The minimum atomic E-state index is -0.402. The summed E-state index contributed by atoms with van der Waals surface area (Å²) in [6.45, 7) is 1.12. The third-order valence-corrected chi connectivity index (χ3v) is 2.25. The first-order valence-electron chi connectivity index (χ1n) is 5.09. The van der Waals surface area contributed by atoms with Gasteiger partial charge in [-0.25, -0.2) is 0 Å². The zero-order valence-corrected chi connectivity index (χ0v) is 9.00. The maximum atomic E-state index is 10.6. The van der Waals surface area contributed by atoms with Crippen LogP contribution >= 0.6 is 0 Å². The molecule has 88 valence electrons. The average Bonchev–Trinajstić information content (AvgIpc) is 2.82. The molecule has 0 saturated heterocycles. The van der Waals surface area contributed by atoms with E-state index in [-0.39, 0.29) is 5.69 Å². The topological polar surface area (TPSA) is 81.2 Å². The van der Waals surface area contributed by atoms with E-state index in [9.17, 15) is 10.1 Å². The van der Waals surface area contributed by atoms with Crippen LogP contribution in [-0.4, -0.2) is 10.1 Å². The quantitative estimate of drug-likeness (QED) is 0.629. The lowest BCUT2D eigenvalue weighted by molar-refractivity contribution is -0.384. The normalized spacial score (nSPS) is 10.4. The van der Waals surface area contributed by atoms with E-state index in [4.69, 9.17) is 0 Å². The van der Waals surface area contributed by atoms with Crippen molar-refractivity contribution in [2.45, 2.75) is 13.1 Å². The summed E-state index contributed by atoms with van der Waals surface area (Å²) in [6, 6.07) is 8.30. The number of aromatic nitrogens is 1. The van der Waals surface area contributed by atoms with Crippen LogP contribution in [0.15, 0.2) is 41.1 Å². The highest BCUT2D eigenvalue weighted by molar-refractivity contribution is 5.34. The van der Waals surface area contributed by atoms with E-state index in [0.29, 0.717) is 13.1 Å². The lowest BCUT2D eigenvalue weighted by atomic mass is 10.2. The molecule has 17 heavy (non-hydrogen) atoms. The summed E-state index contributed by atoms with van der Waals surface area (Å²) in [5.74, 6) is 0. The van der Waals surface area contributed by atoms with Gasteiger partial charge in [-0.05, 0) is 5.56 Å². The molecule has 2 aromatic rings. The third kappa shape index (κ3) is 3.12. The van der Waals surface area contributed by atoms with Gasteiger partial charge in [0.2, 0.25) is 0 Å². The van der Waals surface area contributed by atoms with Gasteiger partial charge in [-0.15, -0.1) is 0 Å². The van der Waals surface area contributed by atoms with Crippen molar-refractivity contribution in [1.29, 1.82) is 0 Å². The van der Waals surface area contributed by atoms with Crippen LogP contribution in [0.5, 0.6) is 0 Å². The average molecular weight is 233 g/mol. The molecule has 1 N–H and O–H groups in total. The largest absolute Gasteiger partial charge is 0.364 e. The number of nitrogens with one attached hydrogen (secondary N) is 1. The maximum Gasteiger partial charge on any atom is 0.269 e. The van der Waals surface area contributed by atoms with Crippen LogP contribution in [-0.2, 0) is 13.1 Å². The fourth-order valence-electron chi connectivity index (χ4n) is 1.44. The number of hydrogen-bond acceptors (Lipinski definition) is 5. The highest BCUT2D eigenvalue weighted by Crippen LogP contribution is 2.12. The van der Waals surface area contributed by atoms with E-state index in [2.05, 4.69) is 15.0 Å². The molecule has 6 nitrogen and oxygen atoms in total. The van der Waals surface area contributed by atoms with Gasteiger partial charge in [0.05, 0.1) is 10.6 Å². The van der Waals surface area contributed by atoms with Gasteiger partial charge in [0.15, 0.2) is 0 Å². The summed E-state index contributed by atoms with van der Waals surface area (Å²) in [5, 5.41) is 17.4. The Labute approximate surface area is 97.4 Å². The standard InChI is InChI=1S/C11H11N3O3/c15-14(16)11-3-1-2-9(6-11)7-12-8-10-4-5-17-13-10/h1-6,12H,7-8H2. The molecule has 0 bridgehead atoms. The molecule has 0 amide bonds. The number of rotatable bonds is 5. The summed E-state index contributed by atoms with van der Waals surface area (Å²) in [4.78, 5) is 10.2. The molecule has 2 rings (SSSR count). The first-order valence-corrected chi connectivity index (χ1v) is 5.09. The van der Waals surface area contributed by atoms with Gasteiger partial charge < -0.3 is 9.84 Å². The number of nitro benzene ring substituents is 1. The molecule has 0 radical (unpaired) electrons. The second-order valence-electron chi connectivity index (χ2n) is 3.52. The van der Waals surface area contributed by atoms with Gasteiger partial charge in [-0.1, -0.05) is 17.3 Å². The van der Waals surface area contributed by atoms with E-state index in [0.717, 1.165) is 11.3 Å². The minimum Gasteiger partial charge on any atom is -0.364 e. The second kappa shape index (κ2) is 5.22. The number of nitro groups is 1. The Kier molecular flexibility index (Phi) is 3.46. The fraction of sp³-hybridized carbons (Fsp3) is 0.182. The van der Waals surface area contributed by atoms with Crippen LogP contribution in [0, 0.1) is 10.1 Å². The van der Waals surface area contributed by atoms with Crippen LogP contribution in [0.4, 0.5) is 5.69 Å². The molecule has 0 aliphatic heterocycles. The second-order valence-corrected chi connectivity index (χ2v) is 3.52. The number of non-ortho nitro benzene ring substituents is 1. The van der Waals surface area contributed by atoms with Crippen molar-refractivity contribution in [1.82, 2.24) is 10.5 Å². The molecule has 0 aliphatic rings. The Morgan fingerprint density at radius 3 is 2.94 bits per heavy atom. The van der Waals surface area contributed by atoms with Crippen LogP contribution in [0.1, 0.15) is 11.3 Å². The zero-order valence-electron chi connectivity index (χ0n) is 9.00. The van der Waals surface area contributed by atoms with Gasteiger partial charge in [-0.2, -0.15) is 0 Å². The summed E-state index contributed by atoms with van der Waals surface area (Å²) < 4.78 is 4.69. The number of benzene rings is 1. The van der Waals surface area contributed by atoms with Crippen molar-refractivity contribution in [2.24, 2.45) is 0 Å². The lowest BCUT2D eigenvalue weighted by Gasteiger charge is -2.02. The highest BCUT2D eigenvalue weighted by Gasteiger charge is 2.05. The van der Waals surface area contributed by atoms with Crippen LogP contribution in [0.2, 0.25) is 0 Å². The Morgan fingerprint density at radius 2 is 2.24 bits per heavy atom. The van der Waals surface area contributed by atoms with Gasteiger partial charge in [-0.3, -0.25) is 10.1 Å². The molecule has 0 fully saturated rings. The van der Waals surface area contributed by atoms with Crippen LogP contribution in [0.3, 0.4) is 0 Å². The highest BCUT2D eigenvalue weighted by atomic mass is 16.6. The minimum absolute atomic E-state index is 0.103. The Hall–Kier alpha value is -2.21. The first kappa shape index (κ1) is 11.3. The van der Waals surface area contributed by atoms with E-state index < -0.39 is 4.92 Å². The van der Waals surface area contributed by atoms with Crippen molar-refractivity contribution in [3.8, 4) is 0 Å². The molecule has 6 heteroatoms. The third-order valence-electron chi connectivity index (χ3n) is 2.25. The predicted octanol–water partition coefficient (Wildman–Crippen LogP) is 1.87. The summed E-state index contributed by atoms with van der Waals surface area (Å²) in [6.07, 6.45) is 1.50. The molecule has 0 atom stereocenters. The molecule has 1 aromatic carbocycles.